The minimum Gasteiger partial charge on any atom is -0.262 e. The van der Waals surface area contributed by atoms with Crippen LogP contribution in [0, 0.1) is 17.1 Å². The Labute approximate surface area is 122 Å². The van der Waals surface area contributed by atoms with Crippen molar-refractivity contribution in [3.63, 3.8) is 0 Å². The van der Waals surface area contributed by atoms with Gasteiger partial charge in [0.05, 0.1) is 22.9 Å². The third-order valence-electron chi connectivity index (χ3n) is 2.23. The van der Waals surface area contributed by atoms with Crippen molar-refractivity contribution in [2.75, 3.05) is 4.72 Å². The number of rotatable bonds is 3. The highest BCUT2D eigenvalue weighted by molar-refractivity contribution is 9.10. The maximum absolute atomic E-state index is 13.2. The monoisotopic (exact) mass is 356 g/mol. The summed E-state index contributed by atoms with van der Waals surface area (Å²) in [5.74, 6) is -0.772. The van der Waals surface area contributed by atoms with Crippen molar-refractivity contribution < 1.29 is 12.8 Å². The number of anilines is 1. The molecule has 6 nitrogen and oxygen atoms in total. The molecule has 0 aliphatic heterocycles. The Hall–Kier alpha value is -2.05. The number of hydrogen-bond acceptors (Lipinski definition) is 5. The number of nitrogens with zero attached hydrogens (tertiary/aromatic N) is 3. The van der Waals surface area contributed by atoms with Crippen LogP contribution in [0.2, 0.25) is 0 Å². The fourth-order valence-corrected chi connectivity index (χ4v) is 2.54. The highest BCUT2D eigenvalue weighted by Gasteiger charge is 2.17. The van der Waals surface area contributed by atoms with Crippen molar-refractivity contribution >= 4 is 31.8 Å². The molecule has 1 heterocycles. The Morgan fingerprint density at radius 2 is 2.05 bits per heavy atom. The number of sulfonamides is 1. The number of halogens is 2. The molecule has 0 fully saturated rings. The first-order valence-corrected chi connectivity index (χ1v) is 7.40. The van der Waals surface area contributed by atoms with E-state index in [9.17, 15) is 12.8 Å². The van der Waals surface area contributed by atoms with E-state index in [1.165, 1.54) is 12.4 Å². The van der Waals surface area contributed by atoms with Crippen molar-refractivity contribution in [1.82, 2.24) is 9.97 Å². The lowest BCUT2D eigenvalue weighted by molar-refractivity contribution is 0.599. The van der Waals surface area contributed by atoms with Gasteiger partial charge in [-0.15, -0.1) is 0 Å². The number of aromatic nitrogens is 2. The van der Waals surface area contributed by atoms with Crippen LogP contribution < -0.4 is 4.72 Å². The number of nitrogens with one attached hydrogen (secondary N) is 1. The zero-order valence-corrected chi connectivity index (χ0v) is 12.1. The van der Waals surface area contributed by atoms with Gasteiger partial charge < -0.3 is 0 Å². The minimum atomic E-state index is -3.96. The van der Waals surface area contributed by atoms with Crippen molar-refractivity contribution in [2.24, 2.45) is 0 Å². The van der Waals surface area contributed by atoms with Gasteiger partial charge in [-0.25, -0.2) is 22.8 Å². The van der Waals surface area contributed by atoms with Crippen molar-refractivity contribution in [3.05, 3.63) is 46.6 Å². The normalized spacial score (nSPS) is 10.8. The molecule has 0 atom stereocenters. The van der Waals surface area contributed by atoms with Gasteiger partial charge in [-0.05, 0) is 34.1 Å². The average Bonchev–Trinajstić information content (AvgIpc) is 2.41. The van der Waals surface area contributed by atoms with Crippen LogP contribution in [0.1, 0.15) is 5.56 Å². The molecular formula is C11H6BrFN4O2S. The summed E-state index contributed by atoms with van der Waals surface area (Å²) in [4.78, 5) is 7.39. The van der Waals surface area contributed by atoms with E-state index in [1.54, 1.807) is 6.07 Å². The summed E-state index contributed by atoms with van der Waals surface area (Å²) in [6.07, 6.45) is 2.54. The summed E-state index contributed by atoms with van der Waals surface area (Å²) in [5, 5.41) is 8.70. The van der Waals surface area contributed by atoms with Crippen LogP contribution in [-0.4, -0.2) is 18.4 Å². The molecule has 0 unspecified atom stereocenters. The first-order chi connectivity index (χ1) is 9.42. The first kappa shape index (κ1) is 14.4. The van der Waals surface area contributed by atoms with Crippen LogP contribution in [0.15, 0.2) is 40.1 Å². The zero-order valence-electron chi connectivity index (χ0n) is 9.71. The van der Waals surface area contributed by atoms with Crippen LogP contribution in [-0.2, 0) is 10.0 Å². The topological polar surface area (TPSA) is 95.7 Å². The van der Waals surface area contributed by atoms with Gasteiger partial charge in [0.1, 0.15) is 16.5 Å². The molecule has 0 radical (unpaired) electrons. The van der Waals surface area contributed by atoms with Gasteiger partial charge in [0.2, 0.25) is 0 Å². The summed E-state index contributed by atoms with van der Waals surface area (Å²) in [6.45, 7) is 0. The fraction of sp³-hybridized carbons (Fsp3) is 0. The molecule has 0 bridgehead atoms. The van der Waals surface area contributed by atoms with Gasteiger partial charge in [-0.2, -0.15) is 5.26 Å². The van der Waals surface area contributed by atoms with E-state index in [1.807, 2.05) is 0 Å². The Bertz CT molecular complexity index is 787. The second-order valence-electron chi connectivity index (χ2n) is 3.58. The van der Waals surface area contributed by atoms with Crippen molar-refractivity contribution in [1.29, 1.82) is 5.26 Å². The molecule has 1 N–H and O–H groups in total. The van der Waals surface area contributed by atoms with Gasteiger partial charge in [0, 0.05) is 0 Å². The van der Waals surface area contributed by atoms with E-state index in [4.69, 9.17) is 5.26 Å². The van der Waals surface area contributed by atoms with E-state index in [-0.39, 0.29) is 16.3 Å². The molecule has 2 rings (SSSR count). The van der Waals surface area contributed by atoms with Crippen molar-refractivity contribution in [2.45, 2.75) is 4.90 Å². The molecule has 0 spiro atoms. The molecule has 0 aliphatic rings. The molecule has 0 saturated carbocycles. The van der Waals surface area contributed by atoms with Crippen LogP contribution in [0.3, 0.4) is 0 Å². The second kappa shape index (κ2) is 5.52. The fourth-order valence-electron chi connectivity index (χ4n) is 1.32. The summed E-state index contributed by atoms with van der Waals surface area (Å²) >= 11 is 3.07. The summed E-state index contributed by atoms with van der Waals surface area (Å²) in [5.41, 5.74) is -0.352. The lowest BCUT2D eigenvalue weighted by atomic mass is 10.2. The van der Waals surface area contributed by atoms with Crippen molar-refractivity contribution in [3.8, 4) is 6.07 Å². The van der Waals surface area contributed by atoms with Gasteiger partial charge in [0.15, 0.2) is 5.82 Å². The first-order valence-electron chi connectivity index (χ1n) is 5.12. The lowest BCUT2D eigenvalue weighted by Gasteiger charge is -2.07. The van der Waals surface area contributed by atoms with Gasteiger partial charge in [-0.3, -0.25) is 4.72 Å². The van der Waals surface area contributed by atoms with E-state index in [2.05, 4.69) is 30.6 Å². The third kappa shape index (κ3) is 3.09. The summed E-state index contributed by atoms with van der Waals surface area (Å²) in [6, 6.07) is 4.50. The zero-order chi connectivity index (χ0) is 14.8. The van der Waals surface area contributed by atoms with E-state index < -0.39 is 15.8 Å². The molecule has 0 amide bonds. The number of nitriles is 1. The van der Waals surface area contributed by atoms with Crippen LogP contribution in [0.4, 0.5) is 10.2 Å². The van der Waals surface area contributed by atoms with Crippen LogP contribution >= 0.6 is 15.9 Å². The average molecular weight is 357 g/mol. The molecule has 102 valence electrons. The Balaban J connectivity index is 2.36. The van der Waals surface area contributed by atoms with E-state index in [0.29, 0.717) is 4.60 Å². The van der Waals surface area contributed by atoms with E-state index >= 15 is 0 Å². The Morgan fingerprint density at radius 3 is 2.65 bits per heavy atom. The largest absolute Gasteiger partial charge is 0.263 e. The molecule has 0 saturated heterocycles. The van der Waals surface area contributed by atoms with E-state index in [0.717, 1.165) is 18.2 Å². The maximum atomic E-state index is 13.2. The van der Waals surface area contributed by atoms with Gasteiger partial charge in [-0.1, -0.05) is 0 Å². The molecule has 1 aromatic carbocycles. The molecular weight excluding hydrogens is 351 g/mol. The standard InChI is InChI=1S/C11H6BrFN4O2S/c12-10-5-16-11(6-15-10)17-20(18,19)8-1-2-9(13)7(3-8)4-14/h1-3,5-6H,(H,16,17). The highest BCUT2D eigenvalue weighted by atomic mass is 79.9. The van der Waals surface area contributed by atoms with Crippen LogP contribution in [0.25, 0.3) is 0 Å². The van der Waals surface area contributed by atoms with Gasteiger partial charge >= 0.3 is 0 Å². The Kier molecular flexibility index (Phi) is 3.96. The van der Waals surface area contributed by atoms with Gasteiger partial charge in [0.25, 0.3) is 10.0 Å². The second-order valence-corrected chi connectivity index (χ2v) is 6.08. The predicted molar refractivity (Wildman–Crippen MR) is 71.7 cm³/mol. The quantitative estimate of drug-likeness (QED) is 0.907. The lowest BCUT2D eigenvalue weighted by Crippen LogP contribution is -2.14. The number of hydrogen-bond donors (Lipinski definition) is 1. The SMILES string of the molecule is N#Cc1cc(S(=O)(=O)Nc2cnc(Br)cn2)ccc1F. The number of benzene rings is 1. The maximum Gasteiger partial charge on any atom is 0.263 e. The molecule has 1 aromatic heterocycles. The smallest absolute Gasteiger partial charge is 0.262 e. The Morgan fingerprint density at radius 1 is 1.30 bits per heavy atom. The highest BCUT2D eigenvalue weighted by Crippen LogP contribution is 2.17. The minimum absolute atomic E-state index is 0.0102. The molecule has 9 heteroatoms. The van der Waals surface area contributed by atoms with Crippen LogP contribution in [0.5, 0.6) is 0 Å². The summed E-state index contributed by atoms with van der Waals surface area (Å²) in [7, 11) is -3.96. The molecule has 20 heavy (non-hydrogen) atoms. The third-order valence-corrected chi connectivity index (χ3v) is 3.99. The molecule has 2 aromatic rings. The molecule has 0 aliphatic carbocycles. The summed E-state index contributed by atoms with van der Waals surface area (Å²) < 4.78 is 39.9. The predicted octanol–water partition coefficient (Wildman–Crippen LogP) is 2.05.